The van der Waals surface area contributed by atoms with E-state index in [2.05, 4.69) is 15.0 Å². The summed E-state index contributed by atoms with van der Waals surface area (Å²) in [4.78, 5) is 11.7. The number of nitrogens with zero attached hydrogens (tertiary/aromatic N) is 4. The number of aliphatic hydroxyl groups is 1. The molecule has 2 aromatic heterocycles. The minimum Gasteiger partial charge on any atom is -0.382 e. The maximum Gasteiger partial charge on any atom is 0.226 e. The van der Waals surface area contributed by atoms with E-state index in [9.17, 15) is 5.11 Å². The van der Waals surface area contributed by atoms with Crippen molar-refractivity contribution in [2.45, 2.75) is 13.2 Å². The largest absolute Gasteiger partial charge is 0.382 e. The average Bonchev–Trinajstić information content (AvgIpc) is 2.47. The number of imidazole rings is 1. The highest BCUT2D eigenvalue weighted by Gasteiger charge is 2.12. The summed E-state index contributed by atoms with van der Waals surface area (Å²) >= 11 is 5.63. The summed E-state index contributed by atoms with van der Waals surface area (Å²) in [5.74, 6) is 0.208. The lowest BCUT2D eigenvalue weighted by Crippen LogP contribution is -2.04. The van der Waals surface area contributed by atoms with E-state index in [1.54, 1.807) is 6.92 Å². The Kier molecular flexibility index (Phi) is 2.01. The van der Waals surface area contributed by atoms with Gasteiger partial charge in [0.15, 0.2) is 11.5 Å². The van der Waals surface area contributed by atoms with Crippen LogP contribution in [-0.2, 0) is 0 Å². The molecule has 0 aliphatic rings. The Morgan fingerprint density at radius 1 is 1.57 bits per heavy atom. The van der Waals surface area contributed by atoms with Gasteiger partial charge in [-0.1, -0.05) is 0 Å². The first-order valence-corrected chi connectivity index (χ1v) is 4.31. The van der Waals surface area contributed by atoms with Crippen LogP contribution in [0.2, 0.25) is 5.28 Å². The molecule has 0 radical (unpaired) electrons. The molecule has 0 aliphatic carbocycles. The number of nitrogens with two attached hydrogens (primary N) is 1. The van der Waals surface area contributed by atoms with Gasteiger partial charge in [-0.3, -0.25) is 4.57 Å². The van der Waals surface area contributed by atoms with Gasteiger partial charge in [0.2, 0.25) is 5.28 Å². The molecule has 0 aliphatic heterocycles. The van der Waals surface area contributed by atoms with Crippen LogP contribution in [0.3, 0.4) is 0 Å². The van der Waals surface area contributed by atoms with Gasteiger partial charge in [-0.25, -0.2) is 4.98 Å². The van der Waals surface area contributed by atoms with Gasteiger partial charge in [-0.2, -0.15) is 9.97 Å². The fraction of sp³-hybridized carbons (Fsp3) is 0.286. The van der Waals surface area contributed by atoms with Crippen LogP contribution in [0.5, 0.6) is 0 Å². The van der Waals surface area contributed by atoms with Gasteiger partial charge in [-0.05, 0) is 18.5 Å². The van der Waals surface area contributed by atoms with Crippen LogP contribution < -0.4 is 5.73 Å². The number of fused-ring (bicyclic) bond motifs is 1. The number of aromatic nitrogens is 4. The molecule has 74 valence electrons. The Morgan fingerprint density at radius 2 is 2.29 bits per heavy atom. The molecular weight excluding hydrogens is 206 g/mol. The maximum absolute atomic E-state index is 9.37. The Balaban J connectivity index is 2.78. The lowest BCUT2D eigenvalue weighted by Gasteiger charge is -2.05. The normalized spacial score (nSPS) is 13.4. The summed E-state index contributed by atoms with van der Waals surface area (Å²) in [7, 11) is 0. The first kappa shape index (κ1) is 9.17. The minimum atomic E-state index is -0.731. The van der Waals surface area contributed by atoms with E-state index < -0.39 is 6.23 Å². The number of aliphatic hydroxyl groups excluding tert-OH is 1. The van der Waals surface area contributed by atoms with Crippen LogP contribution in [0.25, 0.3) is 11.2 Å². The van der Waals surface area contributed by atoms with Gasteiger partial charge in [-0.15, -0.1) is 0 Å². The zero-order valence-electron chi connectivity index (χ0n) is 7.35. The summed E-state index contributed by atoms with van der Waals surface area (Å²) in [5.41, 5.74) is 6.45. The molecule has 0 saturated carbocycles. The molecule has 0 saturated heterocycles. The molecule has 14 heavy (non-hydrogen) atoms. The number of nitrogen functional groups attached to an aromatic ring is 1. The van der Waals surface area contributed by atoms with Crippen LogP contribution in [0.15, 0.2) is 6.33 Å². The standard InChI is InChI=1S/C7H8ClN5O/c1-3(14)13-2-10-4-5(9)11-7(8)12-6(4)13/h2-3,14H,1H3,(H2,9,11,12)/t3-/m1/s1. The number of hydrogen-bond acceptors (Lipinski definition) is 5. The molecule has 0 unspecified atom stereocenters. The Bertz CT molecular complexity index is 480. The maximum atomic E-state index is 9.37. The van der Waals surface area contributed by atoms with Crippen molar-refractivity contribution in [1.29, 1.82) is 0 Å². The van der Waals surface area contributed by atoms with Crippen LogP contribution in [-0.4, -0.2) is 24.6 Å². The highest BCUT2D eigenvalue weighted by atomic mass is 35.5. The Morgan fingerprint density at radius 3 is 2.93 bits per heavy atom. The van der Waals surface area contributed by atoms with Crippen molar-refractivity contribution < 1.29 is 5.11 Å². The van der Waals surface area contributed by atoms with E-state index in [-0.39, 0.29) is 11.1 Å². The van der Waals surface area contributed by atoms with Crippen molar-refractivity contribution in [2.75, 3.05) is 5.73 Å². The van der Waals surface area contributed by atoms with Gasteiger partial charge < -0.3 is 10.8 Å². The average molecular weight is 214 g/mol. The molecule has 0 fully saturated rings. The fourth-order valence-corrected chi connectivity index (χ4v) is 1.36. The minimum absolute atomic E-state index is 0.0393. The van der Waals surface area contributed by atoms with E-state index in [0.29, 0.717) is 11.2 Å². The number of rotatable bonds is 1. The molecule has 2 rings (SSSR count). The summed E-state index contributed by atoms with van der Waals surface area (Å²) in [5, 5.41) is 9.41. The van der Waals surface area contributed by atoms with Crippen LogP contribution in [0, 0.1) is 0 Å². The molecule has 1 atom stereocenters. The highest BCUT2D eigenvalue weighted by Crippen LogP contribution is 2.19. The number of hydrogen-bond donors (Lipinski definition) is 2. The third-order valence-corrected chi connectivity index (χ3v) is 1.99. The monoisotopic (exact) mass is 213 g/mol. The predicted molar refractivity (Wildman–Crippen MR) is 51.7 cm³/mol. The van der Waals surface area contributed by atoms with Crippen molar-refractivity contribution in [3.8, 4) is 0 Å². The van der Waals surface area contributed by atoms with Crippen molar-refractivity contribution >= 4 is 28.6 Å². The molecule has 0 aromatic carbocycles. The second kappa shape index (κ2) is 3.07. The first-order chi connectivity index (χ1) is 6.59. The SMILES string of the molecule is C[C@@H](O)n1cnc2c(N)nc(Cl)nc21. The molecular formula is C7H8ClN5O. The fourth-order valence-electron chi connectivity index (χ4n) is 1.18. The zero-order valence-corrected chi connectivity index (χ0v) is 8.10. The highest BCUT2D eigenvalue weighted by molar-refractivity contribution is 6.28. The lowest BCUT2D eigenvalue weighted by atomic mass is 10.5. The molecule has 7 heteroatoms. The van der Waals surface area contributed by atoms with Gasteiger partial charge in [0.1, 0.15) is 11.7 Å². The van der Waals surface area contributed by atoms with E-state index in [1.807, 2.05) is 0 Å². The van der Waals surface area contributed by atoms with E-state index in [4.69, 9.17) is 17.3 Å². The second-order valence-electron chi connectivity index (χ2n) is 2.83. The summed E-state index contributed by atoms with van der Waals surface area (Å²) in [6, 6.07) is 0. The molecule has 0 spiro atoms. The van der Waals surface area contributed by atoms with E-state index in [1.165, 1.54) is 10.9 Å². The number of anilines is 1. The molecule has 2 aromatic rings. The molecule has 3 N–H and O–H groups in total. The van der Waals surface area contributed by atoms with Gasteiger partial charge in [0, 0.05) is 0 Å². The summed E-state index contributed by atoms with van der Waals surface area (Å²) < 4.78 is 1.46. The second-order valence-corrected chi connectivity index (χ2v) is 3.17. The quantitative estimate of drug-likeness (QED) is 0.676. The first-order valence-electron chi connectivity index (χ1n) is 3.93. The van der Waals surface area contributed by atoms with Crippen molar-refractivity contribution in [2.24, 2.45) is 0 Å². The molecule has 2 heterocycles. The third-order valence-electron chi connectivity index (χ3n) is 1.82. The van der Waals surface area contributed by atoms with Crippen molar-refractivity contribution in [3.63, 3.8) is 0 Å². The summed E-state index contributed by atoms with van der Waals surface area (Å²) in [6.45, 7) is 1.59. The molecule has 0 amide bonds. The van der Waals surface area contributed by atoms with Crippen molar-refractivity contribution in [3.05, 3.63) is 11.6 Å². The third kappa shape index (κ3) is 1.28. The van der Waals surface area contributed by atoms with Crippen molar-refractivity contribution in [1.82, 2.24) is 19.5 Å². The van der Waals surface area contributed by atoms with Crippen LogP contribution in [0.4, 0.5) is 5.82 Å². The lowest BCUT2D eigenvalue weighted by molar-refractivity contribution is 0.128. The van der Waals surface area contributed by atoms with Gasteiger partial charge >= 0.3 is 0 Å². The predicted octanol–water partition coefficient (Wildman–Crippen LogP) is 0.573. The topological polar surface area (TPSA) is 89.8 Å². The van der Waals surface area contributed by atoms with Gasteiger partial charge in [0.25, 0.3) is 0 Å². The van der Waals surface area contributed by atoms with Crippen LogP contribution in [0.1, 0.15) is 13.2 Å². The molecule has 0 bridgehead atoms. The Hall–Kier alpha value is -1.40. The van der Waals surface area contributed by atoms with E-state index >= 15 is 0 Å². The van der Waals surface area contributed by atoms with Crippen LogP contribution >= 0.6 is 11.6 Å². The smallest absolute Gasteiger partial charge is 0.226 e. The molecule has 6 nitrogen and oxygen atoms in total. The Labute approximate surface area is 84.4 Å². The van der Waals surface area contributed by atoms with E-state index in [0.717, 1.165) is 0 Å². The zero-order chi connectivity index (χ0) is 10.3. The summed E-state index contributed by atoms with van der Waals surface area (Å²) in [6.07, 6.45) is 0.710. The number of halogens is 1. The van der Waals surface area contributed by atoms with Gasteiger partial charge in [0.05, 0.1) is 6.33 Å².